The van der Waals surface area contributed by atoms with Gasteiger partial charge in [0.15, 0.2) is 0 Å². The number of anilines is 1. The first-order chi connectivity index (χ1) is 15.5. The van der Waals surface area contributed by atoms with E-state index in [4.69, 9.17) is 11.6 Å². The van der Waals surface area contributed by atoms with E-state index in [1.807, 2.05) is 18.2 Å². The van der Waals surface area contributed by atoms with Crippen LogP contribution in [-0.2, 0) is 6.54 Å². The number of halogens is 1. The third kappa shape index (κ3) is 6.00. The van der Waals surface area contributed by atoms with E-state index in [0.29, 0.717) is 10.6 Å². The highest BCUT2D eigenvalue weighted by atomic mass is 35.5. The number of benzene rings is 2. The SMILES string of the molecule is CN(C)C(=O)c1ccc(N2CCC(SC3CCN(Cc4ccccc4)CC3)CC2)cc1Cl. The van der Waals surface area contributed by atoms with Gasteiger partial charge in [0.05, 0.1) is 10.6 Å². The van der Waals surface area contributed by atoms with Gasteiger partial charge in [0, 0.05) is 49.9 Å². The third-order valence-corrected chi connectivity index (χ3v) is 8.59. The van der Waals surface area contributed by atoms with Crippen LogP contribution in [0.2, 0.25) is 5.02 Å². The second kappa shape index (κ2) is 11.0. The van der Waals surface area contributed by atoms with Crippen molar-refractivity contribution in [2.45, 2.75) is 42.7 Å². The van der Waals surface area contributed by atoms with Gasteiger partial charge in [-0.05, 0) is 62.5 Å². The van der Waals surface area contributed by atoms with Crippen molar-refractivity contribution in [1.29, 1.82) is 0 Å². The molecule has 0 spiro atoms. The summed E-state index contributed by atoms with van der Waals surface area (Å²) in [6, 6.07) is 16.7. The number of amides is 1. The highest BCUT2D eigenvalue weighted by Gasteiger charge is 2.26. The molecule has 0 N–H and O–H groups in total. The summed E-state index contributed by atoms with van der Waals surface area (Å²) in [5.41, 5.74) is 3.12. The first-order valence-corrected chi connectivity index (χ1v) is 13.0. The van der Waals surface area contributed by atoms with Gasteiger partial charge in [-0.1, -0.05) is 41.9 Å². The summed E-state index contributed by atoms with van der Waals surface area (Å²) in [4.78, 5) is 18.8. The van der Waals surface area contributed by atoms with Gasteiger partial charge in [-0.25, -0.2) is 0 Å². The largest absolute Gasteiger partial charge is 0.371 e. The van der Waals surface area contributed by atoms with Crippen molar-refractivity contribution in [1.82, 2.24) is 9.80 Å². The minimum absolute atomic E-state index is 0.0496. The summed E-state index contributed by atoms with van der Waals surface area (Å²) in [7, 11) is 3.50. The molecule has 4 nitrogen and oxygen atoms in total. The molecule has 0 aromatic heterocycles. The van der Waals surface area contributed by atoms with Gasteiger partial charge in [-0.15, -0.1) is 0 Å². The maximum atomic E-state index is 12.2. The smallest absolute Gasteiger partial charge is 0.254 e. The lowest BCUT2D eigenvalue weighted by Crippen LogP contribution is -2.38. The molecular formula is C26H34ClN3OS. The zero-order chi connectivity index (χ0) is 22.5. The van der Waals surface area contributed by atoms with Crippen LogP contribution in [-0.4, -0.2) is 66.5 Å². The molecule has 0 bridgehead atoms. The number of carbonyl (C=O) groups excluding carboxylic acids is 1. The summed E-state index contributed by atoms with van der Waals surface area (Å²) < 4.78 is 0. The Balaban J connectivity index is 1.22. The maximum Gasteiger partial charge on any atom is 0.254 e. The Morgan fingerprint density at radius 2 is 1.59 bits per heavy atom. The van der Waals surface area contributed by atoms with E-state index >= 15 is 0 Å². The Kier molecular flexibility index (Phi) is 8.03. The summed E-state index contributed by atoms with van der Waals surface area (Å²) in [6.07, 6.45) is 5.03. The molecule has 2 heterocycles. The fourth-order valence-corrected chi connectivity index (χ4v) is 6.45. The van der Waals surface area contributed by atoms with E-state index in [9.17, 15) is 4.79 Å². The number of likely N-dealkylation sites (tertiary alicyclic amines) is 1. The number of hydrogen-bond donors (Lipinski definition) is 0. The average molecular weight is 472 g/mol. The molecule has 1 amide bonds. The van der Waals surface area contributed by atoms with Crippen molar-refractivity contribution in [3.05, 3.63) is 64.7 Å². The van der Waals surface area contributed by atoms with E-state index in [1.54, 1.807) is 19.0 Å². The van der Waals surface area contributed by atoms with Crippen LogP contribution >= 0.6 is 23.4 Å². The molecule has 2 aromatic rings. The van der Waals surface area contributed by atoms with Crippen molar-refractivity contribution in [3.63, 3.8) is 0 Å². The van der Waals surface area contributed by atoms with Gasteiger partial charge in [0.2, 0.25) is 0 Å². The van der Waals surface area contributed by atoms with Crippen molar-refractivity contribution in [2.75, 3.05) is 45.2 Å². The maximum absolute atomic E-state index is 12.2. The van der Waals surface area contributed by atoms with E-state index in [1.165, 1.54) is 44.3 Å². The van der Waals surface area contributed by atoms with Gasteiger partial charge in [-0.3, -0.25) is 9.69 Å². The van der Waals surface area contributed by atoms with Crippen molar-refractivity contribution in [3.8, 4) is 0 Å². The number of carbonyl (C=O) groups is 1. The van der Waals surface area contributed by atoms with E-state index in [0.717, 1.165) is 35.8 Å². The van der Waals surface area contributed by atoms with Crippen molar-refractivity contribution < 1.29 is 4.79 Å². The molecule has 32 heavy (non-hydrogen) atoms. The molecule has 2 aromatic carbocycles. The number of piperidine rings is 2. The Hall–Kier alpha value is -1.69. The lowest BCUT2D eigenvalue weighted by atomic mass is 10.1. The molecule has 0 atom stereocenters. The van der Waals surface area contributed by atoms with Crippen LogP contribution in [0.3, 0.4) is 0 Å². The number of hydrogen-bond acceptors (Lipinski definition) is 4. The molecule has 2 saturated heterocycles. The van der Waals surface area contributed by atoms with Gasteiger partial charge in [0.1, 0.15) is 0 Å². The summed E-state index contributed by atoms with van der Waals surface area (Å²) >= 11 is 8.66. The van der Waals surface area contributed by atoms with E-state index in [2.05, 4.69) is 51.9 Å². The lowest BCUT2D eigenvalue weighted by molar-refractivity contribution is 0.0828. The number of thioether (sulfide) groups is 1. The van der Waals surface area contributed by atoms with Crippen LogP contribution < -0.4 is 4.90 Å². The van der Waals surface area contributed by atoms with Gasteiger partial charge in [0.25, 0.3) is 5.91 Å². The second-order valence-corrected chi connectivity index (χ2v) is 11.2. The Labute approximate surface area is 201 Å². The second-order valence-electron chi connectivity index (χ2n) is 9.15. The van der Waals surface area contributed by atoms with Gasteiger partial charge < -0.3 is 9.80 Å². The molecule has 0 unspecified atom stereocenters. The zero-order valence-corrected chi connectivity index (χ0v) is 20.7. The minimum atomic E-state index is -0.0496. The summed E-state index contributed by atoms with van der Waals surface area (Å²) in [5, 5.41) is 2.09. The monoisotopic (exact) mass is 471 g/mol. The fraction of sp³-hybridized carbons (Fsp3) is 0.500. The van der Waals surface area contributed by atoms with Crippen LogP contribution in [0.1, 0.15) is 41.6 Å². The van der Waals surface area contributed by atoms with Crippen molar-refractivity contribution >= 4 is 35.0 Å². The minimum Gasteiger partial charge on any atom is -0.371 e. The predicted molar refractivity (Wildman–Crippen MR) is 137 cm³/mol. The van der Waals surface area contributed by atoms with Crippen LogP contribution in [0.15, 0.2) is 48.5 Å². The summed E-state index contributed by atoms with van der Waals surface area (Å²) in [6.45, 7) is 5.62. The fourth-order valence-electron chi connectivity index (χ4n) is 4.68. The first kappa shape index (κ1) is 23.5. The first-order valence-electron chi connectivity index (χ1n) is 11.7. The topological polar surface area (TPSA) is 26.8 Å². The molecule has 2 aliphatic rings. The quantitative estimate of drug-likeness (QED) is 0.563. The standard InChI is InChI=1S/C26H34ClN3OS/c1-28(2)26(31)24-9-8-21(18-25(24)27)30-16-12-23(13-17-30)32-22-10-14-29(15-11-22)19-20-6-4-3-5-7-20/h3-9,18,22-23H,10-17,19H2,1-2H3. The summed E-state index contributed by atoms with van der Waals surface area (Å²) in [5.74, 6) is -0.0496. The molecular weight excluding hydrogens is 438 g/mol. The van der Waals surface area contributed by atoms with Crippen LogP contribution in [0.5, 0.6) is 0 Å². The Morgan fingerprint density at radius 1 is 0.969 bits per heavy atom. The highest BCUT2D eigenvalue weighted by Crippen LogP contribution is 2.34. The average Bonchev–Trinajstić information content (AvgIpc) is 2.81. The zero-order valence-electron chi connectivity index (χ0n) is 19.2. The van der Waals surface area contributed by atoms with Crippen molar-refractivity contribution in [2.24, 2.45) is 0 Å². The van der Waals surface area contributed by atoms with Crippen LogP contribution in [0.25, 0.3) is 0 Å². The molecule has 2 fully saturated rings. The normalized spacial score (nSPS) is 18.7. The molecule has 172 valence electrons. The Bertz CT molecular complexity index is 891. The number of rotatable bonds is 6. The molecule has 6 heteroatoms. The van der Waals surface area contributed by atoms with E-state index in [-0.39, 0.29) is 5.91 Å². The third-order valence-electron chi connectivity index (χ3n) is 6.56. The van der Waals surface area contributed by atoms with Crippen LogP contribution in [0.4, 0.5) is 5.69 Å². The molecule has 0 saturated carbocycles. The number of nitrogens with zero attached hydrogens (tertiary/aromatic N) is 3. The van der Waals surface area contributed by atoms with Gasteiger partial charge >= 0.3 is 0 Å². The predicted octanol–water partition coefficient (Wildman–Crippen LogP) is 5.41. The molecule has 4 rings (SSSR count). The molecule has 0 aliphatic carbocycles. The van der Waals surface area contributed by atoms with Crippen LogP contribution in [0, 0.1) is 0 Å². The van der Waals surface area contributed by atoms with Gasteiger partial charge in [-0.2, -0.15) is 11.8 Å². The lowest BCUT2D eigenvalue weighted by Gasteiger charge is -2.37. The highest BCUT2D eigenvalue weighted by molar-refractivity contribution is 8.00. The van der Waals surface area contributed by atoms with E-state index < -0.39 is 0 Å². The molecule has 0 radical (unpaired) electrons. The Morgan fingerprint density at radius 3 is 2.19 bits per heavy atom. The molecule has 2 aliphatic heterocycles.